The van der Waals surface area contributed by atoms with Crippen molar-refractivity contribution in [2.24, 2.45) is 5.92 Å². The Hall–Kier alpha value is -1.27. The Kier molecular flexibility index (Phi) is 4.55. The van der Waals surface area contributed by atoms with E-state index in [0.29, 0.717) is 17.9 Å². The van der Waals surface area contributed by atoms with Gasteiger partial charge in [-0.1, -0.05) is 12.1 Å². The fourth-order valence-corrected chi connectivity index (χ4v) is 4.73. The van der Waals surface area contributed by atoms with E-state index in [9.17, 15) is 8.42 Å². The zero-order chi connectivity index (χ0) is 14.8. The number of hydrogen-bond acceptors (Lipinski definition) is 5. The van der Waals surface area contributed by atoms with E-state index in [1.54, 1.807) is 14.2 Å². The van der Waals surface area contributed by atoms with Gasteiger partial charge >= 0.3 is 0 Å². The van der Waals surface area contributed by atoms with Gasteiger partial charge in [0.1, 0.15) is 0 Å². The third-order valence-electron chi connectivity index (χ3n) is 3.82. The highest BCUT2D eigenvalue weighted by atomic mass is 32.2. The molecular weight excluding hydrogens is 278 g/mol. The number of nitrogens with one attached hydrogen (secondary N) is 1. The van der Waals surface area contributed by atoms with Crippen LogP contribution in [0.25, 0.3) is 0 Å². The zero-order valence-electron chi connectivity index (χ0n) is 12.0. The van der Waals surface area contributed by atoms with Gasteiger partial charge in [0.2, 0.25) is 0 Å². The van der Waals surface area contributed by atoms with Crippen LogP contribution in [-0.2, 0) is 9.84 Å². The van der Waals surface area contributed by atoms with Gasteiger partial charge in [-0.25, -0.2) is 8.42 Å². The van der Waals surface area contributed by atoms with Gasteiger partial charge in [-0.05, 0) is 25.5 Å². The molecule has 1 heterocycles. The number of benzene rings is 1. The molecule has 5 nitrogen and oxygen atoms in total. The van der Waals surface area contributed by atoms with Crippen molar-refractivity contribution in [2.75, 3.05) is 32.8 Å². The number of para-hydroxylation sites is 1. The second kappa shape index (κ2) is 6.01. The van der Waals surface area contributed by atoms with Crippen LogP contribution < -0.4 is 14.8 Å². The molecule has 0 spiro atoms. The largest absolute Gasteiger partial charge is 0.493 e. The molecule has 1 fully saturated rings. The average Bonchev–Trinajstić information content (AvgIpc) is 2.79. The third-order valence-corrected chi connectivity index (χ3v) is 5.61. The summed E-state index contributed by atoms with van der Waals surface area (Å²) >= 11 is 0. The summed E-state index contributed by atoms with van der Waals surface area (Å²) in [4.78, 5) is 0. The molecule has 2 unspecified atom stereocenters. The molecule has 112 valence electrons. The Morgan fingerprint density at radius 1 is 1.30 bits per heavy atom. The highest BCUT2D eigenvalue weighted by molar-refractivity contribution is 7.91. The van der Waals surface area contributed by atoms with E-state index in [4.69, 9.17) is 9.47 Å². The van der Waals surface area contributed by atoms with Crippen LogP contribution in [0.3, 0.4) is 0 Å². The summed E-state index contributed by atoms with van der Waals surface area (Å²) in [7, 11) is 2.13. The lowest BCUT2D eigenvalue weighted by atomic mass is 9.92. The summed E-state index contributed by atoms with van der Waals surface area (Å²) in [6.45, 7) is 0. The summed E-state index contributed by atoms with van der Waals surface area (Å²) in [6, 6.07) is 5.62. The summed E-state index contributed by atoms with van der Waals surface area (Å²) in [6.07, 6.45) is 0.675. The van der Waals surface area contributed by atoms with Crippen molar-refractivity contribution in [3.05, 3.63) is 23.8 Å². The maximum Gasteiger partial charge on any atom is 0.165 e. The molecule has 1 aliphatic rings. The maximum absolute atomic E-state index is 11.7. The predicted molar refractivity (Wildman–Crippen MR) is 78.1 cm³/mol. The van der Waals surface area contributed by atoms with E-state index >= 15 is 0 Å². The van der Waals surface area contributed by atoms with Gasteiger partial charge in [0.05, 0.1) is 25.7 Å². The zero-order valence-corrected chi connectivity index (χ0v) is 12.9. The Morgan fingerprint density at radius 3 is 2.55 bits per heavy atom. The van der Waals surface area contributed by atoms with E-state index in [-0.39, 0.29) is 23.5 Å². The summed E-state index contributed by atoms with van der Waals surface area (Å²) in [5.41, 5.74) is 0.941. The van der Waals surface area contributed by atoms with E-state index in [1.807, 2.05) is 25.2 Å². The number of rotatable bonds is 5. The van der Waals surface area contributed by atoms with E-state index in [0.717, 1.165) is 5.56 Å². The third kappa shape index (κ3) is 2.91. The van der Waals surface area contributed by atoms with Crippen LogP contribution in [0.15, 0.2) is 18.2 Å². The molecule has 1 aromatic rings. The Bertz CT molecular complexity index is 571. The van der Waals surface area contributed by atoms with Crippen molar-refractivity contribution < 1.29 is 17.9 Å². The van der Waals surface area contributed by atoms with Crippen LogP contribution in [0, 0.1) is 5.92 Å². The minimum absolute atomic E-state index is 0.0580. The molecule has 1 aliphatic heterocycles. The molecule has 0 radical (unpaired) electrons. The van der Waals surface area contributed by atoms with Gasteiger partial charge in [-0.3, -0.25) is 0 Å². The molecule has 0 aliphatic carbocycles. The number of ether oxygens (including phenoxy) is 2. The first kappa shape index (κ1) is 15.1. The van der Waals surface area contributed by atoms with Crippen molar-refractivity contribution in [3.8, 4) is 11.5 Å². The molecule has 0 amide bonds. The predicted octanol–water partition coefficient (Wildman–Crippen LogP) is 1.40. The average molecular weight is 299 g/mol. The van der Waals surface area contributed by atoms with Crippen molar-refractivity contribution in [3.63, 3.8) is 0 Å². The summed E-state index contributed by atoms with van der Waals surface area (Å²) in [5, 5.41) is 3.22. The molecule has 0 saturated carbocycles. The molecule has 2 atom stereocenters. The second-order valence-electron chi connectivity index (χ2n) is 5.01. The smallest absolute Gasteiger partial charge is 0.165 e. The normalized spacial score (nSPS) is 22.4. The van der Waals surface area contributed by atoms with Gasteiger partial charge in [0, 0.05) is 11.6 Å². The number of hydrogen-bond donors (Lipinski definition) is 1. The first-order chi connectivity index (χ1) is 9.52. The maximum atomic E-state index is 11.7. The van der Waals surface area contributed by atoms with Gasteiger partial charge in [0.15, 0.2) is 21.3 Å². The van der Waals surface area contributed by atoms with Gasteiger partial charge in [-0.2, -0.15) is 0 Å². The first-order valence-corrected chi connectivity index (χ1v) is 8.43. The number of methoxy groups -OCH3 is 2. The van der Waals surface area contributed by atoms with Crippen LogP contribution in [0.5, 0.6) is 11.5 Å². The highest BCUT2D eigenvalue weighted by Gasteiger charge is 2.35. The van der Waals surface area contributed by atoms with Crippen LogP contribution >= 0.6 is 0 Å². The molecule has 2 rings (SSSR count). The fraction of sp³-hybridized carbons (Fsp3) is 0.571. The van der Waals surface area contributed by atoms with Crippen LogP contribution in [0.1, 0.15) is 18.0 Å². The van der Waals surface area contributed by atoms with Crippen molar-refractivity contribution in [2.45, 2.75) is 12.5 Å². The minimum Gasteiger partial charge on any atom is -0.493 e. The lowest BCUT2D eigenvalue weighted by Gasteiger charge is -2.25. The van der Waals surface area contributed by atoms with Crippen molar-refractivity contribution in [1.82, 2.24) is 5.32 Å². The Balaban J connectivity index is 2.37. The standard InChI is InChI=1S/C14H21NO4S/c1-15-13(10-7-8-20(16,17)9-10)11-5-4-6-12(18-2)14(11)19-3/h4-6,10,13,15H,7-9H2,1-3H3. The first-order valence-electron chi connectivity index (χ1n) is 6.61. The van der Waals surface area contributed by atoms with Gasteiger partial charge < -0.3 is 14.8 Å². The van der Waals surface area contributed by atoms with E-state index < -0.39 is 9.84 Å². The Morgan fingerprint density at radius 2 is 2.05 bits per heavy atom. The molecule has 0 aromatic heterocycles. The quantitative estimate of drug-likeness (QED) is 0.890. The topological polar surface area (TPSA) is 64.6 Å². The lowest BCUT2D eigenvalue weighted by Crippen LogP contribution is -2.26. The van der Waals surface area contributed by atoms with Crippen LogP contribution in [0.2, 0.25) is 0 Å². The van der Waals surface area contributed by atoms with E-state index in [2.05, 4.69) is 5.32 Å². The van der Waals surface area contributed by atoms with Gasteiger partial charge in [0.25, 0.3) is 0 Å². The lowest BCUT2D eigenvalue weighted by molar-refractivity contribution is 0.337. The monoisotopic (exact) mass is 299 g/mol. The molecular formula is C14H21NO4S. The van der Waals surface area contributed by atoms with E-state index in [1.165, 1.54) is 0 Å². The van der Waals surface area contributed by atoms with Crippen LogP contribution in [0.4, 0.5) is 0 Å². The molecule has 20 heavy (non-hydrogen) atoms. The molecule has 6 heteroatoms. The minimum atomic E-state index is -2.91. The van der Waals surface area contributed by atoms with Crippen molar-refractivity contribution in [1.29, 1.82) is 0 Å². The molecule has 1 N–H and O–H groups in total. The highest BCUT2D eigenvalue weighted by Crippen LogP contribution is 2.39. The molecule has 1 saturated heterocycles. The Labute approximate surface area is 120 Å². The molecule has 0 bridgehead atoms. The fourth-order valence-electron chi connectivity index (χ4n) is 2.89. The summed E-state index contributed by atoms with van der Waals surface area (Å²) in [5.74, 6) is 1.87. The number of sulfone groups is 1. The van der Waals surface area contributed by atoms with Gasteiger partial charge in [-0.15, -0.1) is 0 Å². The van der Waals surface area contributed by atoms with Crippen molar-refractivity contribution >= 4 is 9.84 Å². The second-order valence-corrected chi connectivity index (χ2v) is 7.24. The SMILES string of the molecule is CNC(c1cccc(OC)c1OC)C1CCS(=O)(=O)C1. The summed E-state index contributed by atoms with van der Waals surface area (Å²) < 4.78 is 34.1. The van der Waals surface area contributed by atoms with Crippen LogP contribution in [-0.4, -0.2) is 41.2 Å². The molecule has 1 aromatic carbocycles.